The van der Waals surface area contributed by atoms with E-state index in [1.807, 2.05) is 17.2 Å². The third kappa shape index (κ3) is 5.14. The Morgan fingerprint density at radius 3 is 2.93 bits per heavy atom. The summed E-state index contributed by atoms with van der Waals surface area (Å²) in [6.45, 7) is 4.83. The number of carbonyl (C=O) groups is 1. The number of nitrogens with zero attached hydrogens (tertiary/aromatic N) is 3. The highest BCUT2D eigenvalue weighted by Gasteiger charge is 2.30. The SMILES string of the molecule is CCCCc1cnc(Nc2cccc(C3CCN(C(=O)[C@@H]4CCCN4)CC3)n2)s1. The summed E-state index contributed by atoms with van der Waals surface area (Å²) in [6, 6.07) is 6.22. The van der Waals surface area contributed by atoms with Crippen LogP contribution in [0.15, 0.2) is 24.4 Å². The van der Waals surface area contributed by atoms with Crippen molar-refractivity contribution in [2.45, 2.75) is 63.8 Å². The van der Waals surface area contributed by atoms with Crippen LogP contribution in [0.2, 0.25) is 0 Å². The monoisotopic (exact) mass is 413 g/mol. The van der Waals surface area contributed by atoms with Crippen LogP contribution < -0.4 is 10.6 Å². The van der Waals surface area contributed by atoms with Crippen LogP contribution in [0.3, 0.4) is 0 Å². The van der Waals surface area contributed by atoms with Crippen molar-refractivity contribution in [1.82, 2.24) is 20.2 Å². The smallest absolute Gasteiger partial charge is 0.239 e. The highest BCUT2D eigenvalue weighted by atomic mass is 32.1. The van der Waals surface area contributed by atoms with Crippen molar-refractivity contribution >= 4 is 28.2 Å². The van der Waals surface area contributed by atoms with E-state index in [1.165, 1.54) is 17.7 Å². The van der Waals surface area contributed by atoms with Gasteiger partial charge in [0.15, 0.2) is 5.13 Å². The van der Waals surface area contributed by atoms with Crippen molar-refractivity contribution in [3.05, 3.63) is 35.0 Å². The van der Waals surface area contributed by atoms with E-state index in [1.54, 1.807) is 11.3 Å². The number of pyridine rings is 1. The van der Waals surface area contributed by atoms with Gasteiger partial charge in [0.25, 0.3) is 0 Å². The molecule has 29 heavy (non-hydrogen) atoms. The van der Waals surface area contributed by atoms with E-state index in [9.17, 15) is 4.79 Å². The summed E-state index contributed by atoms with van der Waals surface area (Å²) in [5.41, 5.74) is 1.11. The maximum Gasteiger partial charge on any atom is 0.239 e. The molecule has 2 aliphatic rings. The van der Waals surface area contributed by atoms with E-state index < -0.39 is 0 Å². The molecule has 2 aromatic rings. The normalized spacial score (nSPS) is 20.2. The Morgan fingerprint density at radius 2 is 2.17 bits per heavy atom. The Bertz CT molecular complexity index is 809. The van der Waals surface area contributed by atoms with Gasteiger partial charge in [0, 0.05) is 35.8 Å². The molecule has 6 nitrogen and oxygen atoms in total. The average Bonchev–Trinajstić information content (AvgIpc) is 3.44. The summed E-state index contributed by atoms with van der Waals surface area (Å²) < 4.78 is 0. The second-order valence-electron chi connectivity index (χ2n) is 8.06. The van der Waals surface area contributed by atoms with Gasteiger partial charge >= 0.3 is 0 Å². The zero-order chi connectivity index (χ0) is 20.1. The van der Waals surface area contributed by atoms with Crippen LogP contribution in [0.5, 0.6) is 0 Å². The molecule has 2 N–H and O–H groups in total. The maximum absolute atomic E-state index is 12.6. The van der Waals surface area contributed by atoms with E-state index in [4.69, 9.17) is 4.98 Å². The molecule has 2 saturated heterocycles. The van der Waals surface area contributed by atoms with Crippen molar-refractivity contribution < 1.29 is 4.79 Å². The first kappa shape index (κ1) is 20.3. The number of unbranched alkanes of at least 4 members (excludes halogenated alkanes) is 1. The molecule has 0 aliphatic carbocycles. The Balaban J connectivity index is 1.33. The van der Waals surface area contributed by atoms with E-state index in [-0.39, 0.29) is 11.9 Å². The first-order valence-electron chi connectivity index (χ1n) is 10.9. The van der Waals surface area contributed by atoms with Gasteiger partial charge in [-0.2, -0.15) is 0 Å². The number of amides is 1. The number of aryl methyl sites for hydroxylation is 1. The fourth-order valence-electron chi connectivity index (χ4n) is 4.20. The van der Waals surface area contributed by atoms with E-state index >= 15 is 0 Å². The van der Waals surface area contributed by atoms with Gasteiger partial charge in [-0.3, -0.25) is 4.79 Å². The number of rotatable bonds is 7. The zero-order valence-electron chi connectivity index (χ0n) is 17.2. The van der Waals surface area contributed by atoms with Crippen LogP contribution in [0.4, 0.5) is 10.9 Å². The van der Waals surface area contributed by atoms with Crippen molar-refractivity contribution in [2.24, 2.45) is 0 Å². The van der Waals surface area contributed by atoms with Gasteiger partial charge < -0.3 is 15.5 Å². The Labute approximate surface area is 177 Å². The number of hydrogen-bond donors (Lipinski definition) is 2. The molecule has 4 rings (SSSR count). The lowest BCUT2D eigenvalue weighted by atomic mass is 9.92. The van der Waals surface area contributed by atoms with Crippen LogP contribution in [-0.4, -0.2) is 46.5 Å². The molecular formula is C22H31N5OS. The second-order valence-corrected chi connectivity index (χ2v) is 9.17. The molecule has 1 atom stereocenters. The molecule has 0 saturated carbocycles. The Hall–Kier alpha value is -1.99. The molecule has 0 radical (unpaired) electrons. The predicted molar refractivity (Wildman–Crippen MR) is 118 cm³/mol. The lowest BCUT2D eigenvalue weighted by molar-refractivity contribution is -0.134. The first-order chi connectivity index (χ1) is 14.2. The van der Waals surface area contributed by atoms with Gasteiger partial charge in [-0.25, -0.2) is 9.97 Å². The van der Waals surface area contributed by atoms with Gasteiger partial charge in [0.1, 0.15) is 5.82 Å². The number of likely N-dealkylation sites (tertiary alicyclic amines) is 1. The molecule has 0 aromatic carbocycles. The molecule has 0 unspecified atom stereocenters. The van der Waals surface area contributed by atoms with Crippen molar-refractivity contribution in [2.75, 3.05) is 25.0 Å². The van der Waals surface area contributed by atoms with E-state index in [0.29, 0.717) is 5.92 Å². The van der Waals surface area contributed by atoms with Gasteiger partial charge in [-0.15, -0.1) is 11.3 Å². The topological polar surface area (TPSA) is 70.2 Å². The van der Waals surface area contributed by atoms with Crippen LogP contribution in [0.25, 0.3) is 0 Å². The minimum absolute atomic E-state index is 0.0396. The summed E-state index contributed by atoms with van der Waals surface area (Å²) >= 11 is 1.71. The van der Waals surface area contributed by atoms with Gasteiger partial charge in [0.2, 0.25) is 5.91 Å². The van der Waals surface area contributed by atoms with Gasteiger partial charge in [0.05, 0.1) is 6.04 Å². The molecule has 2 fully saturated rings. The highest BCUT2D eigenvalue weighted by Crippen LogP contribution is 2.29. The van der Waals surface area contributed by atoms with Crippen LogP contribution in [0.1, 0.15) is 61.9 Å². The standard InChI is InChI=1S/C22H31N5OS/c1-2-3-6-17-15-24-22(29-17)26-20-9-4-7-18(25-20)16-10-13-27(14-11-16)21(28)19-8-5-12-23-19/h4,7,9,15-16,19,23H,2-3,5-6,8,10-14H2,1H3,(H,24,25,26)/t19-/m0/s1. The predicted octanol–water partition coefficient (Wildman–Crippen LogP) is 4.08. The summed E-state index contributed by atoms with van der Waals surface area (Å²) in [5.74, 6) is 1.55. The van der Waals surface area contributed by atoms with Crippen molar-refractivity contribution in [3.8, 4) is 0 Å². The number of thiazole rings is 1. The minimum atomic E-state index is 0.0396. The lowest BCUT2D eigenvalue weighted by Crippen LogP contribution is -2.46. The van der Waals surface area contributed by atoms with Crippen molar-refractivity contribution in [3.63, 3.8) is 0 Å². The quantitative estimate of drug-likeness (QED) is 0.716. The number of anilines is 2. The maximum atomic E-state index is 12.6. The molecule has 7 heteroatoms. The largest absolute Gasteiger partial charge is 0.341 e. The van der Waals surface area contributed by atoms with Gasteiger partial charge in [-0.1, -0.05) is 19.4 Å². The molecule has 4 heterocycles. The van der Waals surface area contributed by atoms with E-state index in [2.05, 4.69) is 34.7 Å². The van der Waals surface area contributed by atoms with Crippen LogP contribution >= 0.6 is 11.3 Å². The van der Waals surface area contributed by atoms with Crippen LogP contribution in [-0.2, 0) is 11.2 Å². The molecule has 2 aliphatic heterocycles. The zero-order valence-corrected chi connectivity index (χ0v) is 18.0. The van der Waals surface area contributed by atoms with Crippen molar-refractivity contribution in [1.29, 1.82) is 0 Å². The number of piperidine rings is 1. The molecular weight excluding hydrogens is 382 g/mol. The average molecular weight is 414 g/mol. The number of nitrogens with one attached hydrogen (secondary N) is 2. The third-order valence-corrected chi connectivity index (χ3v) is 6.89. The summed E-state index contributed by atoms with van der Waals surface area (Å²) in [5, 5.41) is 7.60. The van der Waals surface area contributed by atoms with Crippen LogP contribution in [0, 0.1) is 0 Å². The third-order valence-electron chi connectivity index (χ3n) is 5.92. The second kappa shape index (κ2) is 9.67. The number of aromatic nitrogens is 2. The fraction of sp³-hybridized carbons (Fsp3) is 0.591. The highest BCUT2D eigenvalue weighted by molar-refractivity contribution is 7.15. The Morgan fingerprint density at radius 1 is 1.31 bits per heavy atom. The molecule has 0 bridgehead atoms. The lowest BCUT2D eigenvalue weighted by Gasteiger charge is -2.33. The minimum Gasteiger partial charge on any atom is -0.341 e. The Kier molecular flexibility index (Phi) is 6.77. The van der Waals surface area contributed by atoms with Gasteiger partial charge in [-0.05, 0) is 57.2 Å². The number of hydrogen-bond acceptors (Lipinski definition) is 6. The number of carbonyl (C=O) groups excluding carboxylic acids is 1. The fourth-order valence-corrected chi connectivity index (χ4v) is 5.06. The summed E-state index contributed by atoms with van der Waals surface area (Å²) in [6.07, 6.45) is 9.51. The summed E-state index contributed by atoms with van der Waals surface area (Å²) in [7, 11) is 0. The first-order valence-corrected chi connectivity index (χ1v) is 11.8. The molecule has 2 aromatic heterocycles. The molecule has 156 valence electrons. The summed E-state index contributed by atoms with van der Waals surface area (Å²) in [4.78, 5) is 25.3. The molecule has 0 spiro atoms. The van der Waals surface area contributed by atoms with E-state index in [0.717, 1.165) is 68.4 Å². The molecule has 1 amide bonds.